The van der Waals surface area contributed by atoms with Crippen molar-refractivity contribution in [3.05, 3.63) is 34.5 Å². The van der Waals surface area contributed by atoms with Crippen LogP contribution in [0.1, 0.15) is 17.6 Å². The summed E-state index contributed by atoms with van der Waals surface area (Å²) in [5, 5.41) is 4.93. The zero-order valence-electron chi connectivity index (χ0n) is 11.8. The number of imidazole rings is 1. The number of fused-ring (bicyclic) bond motifs is 1. The van der Waals surface area contributed by atoms with Gasteiger partial charge in [-0.15, -0.1) is 11.3 Å². The van der Waals surface area contributed by atoms with Crippen LogP contribution in [0.5, 0.6) is 0 Å². The molecule has 0 bridgehead atoms. The van der Waals surface area contributed by atoms with Crippen LogP contribution in [0.3, 0.4) is 0 Å². The van der Waals surface area contributed by atoms with Crippen molar-refractivity contribution in [2.75, 3.05) is 13.1 Å². The maximum absolute atomic E-state index is 12.7. The largest absolute Gasteiger partial charge is 0.333 e. The van der Waals surface area contributed by atoms with Crippen LogP contribution in [0.25, 0.3) is 0 Å². The lowest BCUT2D eigenvalue weighted by Crippen LogP contribution is -2.38. The Balaban J connectivity index is 1.79. The minimum Gasteiger partial charge on any atom is -0.333 e. The molecule has 21 heavy (non-hydrogen) atoms. The molecule has 0 spiro atoms. The normalized spacial score (nSPS) is 16.0. The SMILES string of the molecule is CCNCc1cc(S(=O)(=O)N2CCn3ccnc3C2)cs1. The molecule has 2 aromatic heterocycles. The highest BCUT2D eigenvalue weighted by molar-refractivity contribution is 7.89. The van der Waals surface area contributed by atoms with E-state index in [-0.39, 0.29) is 0 Å². The Morgan fingerprint density at radius 2 is 2.29 bits per heavy atom. The van der Waals surface area contributed by atoms with Crippen molar-refractivity contribution in [2.24, 2.45) is 0 Å². The zero-order chi connectivity index (χ0) is 14.9. The van der Waals surface area contributed by atoms with E-state index in [0.29, 0.717) is 31.1 Å². The van der Waals surface area contributed by atoms with Crippen molar-refractivity contribution in [1.82, 2.24) is 19.2 Å². The van der Waals surface area contributed by atoms with Gasteiger partial charge >= 0.3 is 0 Å². The number of nitrogens with one attached hydrogen (secondary N) is 1. The summed E-state index contributed by atoms with van der Waals surface area (Å²) in [6, 6.07) is 1.77. The molecule has 0 saturated carbocycles. The second-order valence-electron chi connectivity index (χ2n) is 4.90. The van der Waals surface area contributed by atoms with Crippen LogP contribution < -0.4 is 5.32 Å². The van der Waals surface area contributed by atoms with E-state index >= 15 is 0 Å². The Hall–Kier alpha value is -1.22. The van der Waals surface area contributed by atoms with Crippen molar-refractivity contribution in [2.45, 2.75) is 31.5 Å². The van der Waals surface area contributed by atoms with Crippen molar-refractivity contribution in [3.8, 4) is 0 Å². The Kier molecular flexibility index (Phi) is 4.12. The topological polar surface area (TPSA) is 67.2 Å². The van der Waals surface area contributed by atoms with Crippen LogP contribution in [-0.4, -0.2) is 35.4 Å². The molecular weight excluding hydrogens is 308 g/mol. The van der Waals surface area contributed by atoms with Gasteiger partial charge in [0.2, 0.25) is 10.0 Å². The summed E-state index contributed by atoms with van der Waals surface area (Å²) in [5.74, 6) is 0.799. The van der Waals surface area contributed by atoms with Gasteiger partial charge in [0.15, 0.2) is 0 Å². The second kappa shape index (κ2) is 5.88. The van der Waals surface area contributed by atoms with Crippen molar-refractivity contribution < 1.29 is 8.42 Å². The number of hydrogen-bond donors (Lipinski definition) is 1. The highest BCUT2D eigenvalue weighted by Gasteiger charge is 2.29. The fourth-order valence-corrected chi connectivity index (χ4v) is 4.96. The van der Waals surface area contributed by atoms with Gasteiger partial charge in [-0.25, -0.2) is 13.4 Å². The minimum atomic E-state index is -3.42. The lowest BCUT2D eigenvalue weighted by Gasteiger charge is -2.26. The van der Waals surface area contributed by atoms with E-state index < -0.39 is 10.0 Å². The molecule has 0 atom stereocenters. The second-order valence-corrected chi connectivity index (χ2v) is 7.84. The maximum atomic E-state index is 12.7. The van der Waals surface area contributed by atoms with Gasteiger partial charge in [0.25, 0.3) is 0 Å². The highest BCUT2D eigenvalue weighted by atomic mass is 32.2. The standard InChI is InChI=1S/C13H18N4O2S2/c1-2-14-8-11-7-12(10-20-11)21(18,19)17-6-5-16-4-3-15-13(16)9-17/h3-4,7,10,14H,2,5-6,8-9H2,1H3. The summed E-state index contributed by atoms with van der Waals surface area (Å²) >= 11 is 1.48. The molecule has 6 nitrogen and oxygen atoms in total. The molecule has 0 saturated heterocycles. The van der Waals surface area contributed by atoms with E-state index in [1.807, 2.05) is 17.7 Å². The number of sulfonamides is 1. The summed E-state index contributed by atoms with van der Waals surface area (Å²) in [6.07, 6.45) is 3.60. The molecule has 2 aromatic rings. The van der Waals surface area contributed by atoms with Crippen LogP contribution in [-0.2, 0) is 29.7 Å². The summed E-state index contributed by atoms with van der Waals surface area (Å²) in [5.41, 5.74) is 0. The number of thiophene rings is 1. The Bertz CT molecular complexity index is 720. The van der Waals surface area contributed by atoms with Crippen LogP contribution in [0, 0.1) is 0 Å². The molecule has 0 aliphatic carbocycles. The molecule has 114 valence electrons. The van der Waals surface area contributed by atoms with Gasteiger partial charge in [0, 0.05) is 42.3 Å². The van der Waals surface area contributed by atoms with Crippen LogP contribution >= 0.6 is 11.3 Å². The van der Waals surface area contributed by atoms with Gasteiger partial charge in [-0.3, -0.25) is 0 Å². The molecule has 0 amide bonds. The van der Waals surface area contributed by atoms with Gasteiger partial charge in [-0.05, 0) is 12.6 Å². The van der Waals surface area contributed by atoms with E-state index in [1.54, 1.807) is 17.6 Å². The lowest BCUT2D eigenvalue weighted by molar-refractivity contribution is 0.335. The molecule has 3 rings (SSSR count). The minimum absolute atomic E-state index is 0.341. The third kappa shape index (κ3) is 2.89. The molecule has 0 aromatic carbocycles. The summed E-state index contributed by atoms with van der Waals surface area (Å²) < 4.78 is 28.9. The average Bonchev–Trinajstić information content (AvgIpc) is 3.13. The van der Waals surface area contributed by atoms with Crippen LogP contribution in [0.4, 0.5) is 0 Å². The predicted octanol–water partition coefficient (Wildman–Crippen LogP) is 1.26. The Morgan fingerprint density at radius 1 is 1.43 bits per heavy atom. The summed E-state index contributed by atoms with van der Waals surface area (Å²) in [4.78, 5) is 5.63. The molecule has 0 radical (unpaired) electrons. The predicted molar refractivity (Wildman–Crippen MR) is 81.5 cm³/mol. The molecule has 8 heteroatoms. The van der Waals surface area contributed by atoms with E-state index in [2.05, 4.69) is 10.3 Å². The Labute approximate surface area is 128 Å². The first kappa shape index (κ1) is 14.7. The number of aromatic nitrogens is 2. The number of nitrogens with zero attached hydrogens (tertiary/aromatic N) is 3. The van der Waals surface area contributed by atoms with Gasteiger partial charge in [-0.2, -0.15) is 4.31 Å². The van der Waals surface area contributed by atoms with Crippen LogP contribution in [0.15, 0.2) is 28.7 Å². The van der Waals surface area contributed by atoms with E-state index in [4.69, 9.17) is 0 Å². The maximum Gasteiger partial charge on any atom is 0.244 e. The van der Waals surface area contributed by atoms with Gasteiger partial charge in [-0.1, -0.05) is 6.92 Å². The third-order valence-corrected chi connectivity index (χ3v) is 6.44. The summed E-state index contributed by atoms with van der Waals surface area (Å²) in [6.45, 7) is 5.09. The number of hydrogen-bond acceptors (Lipinski definition) is 5. The molecule has 0 fully saturated rings. The molecular formula is C13H18N4O2S2. The lowest BCUT2D eigenvalue weighted by atomic mass is 10.4. The van der Waals surface area contributed by atoms with Crippen molar-refractivity contribution >= 4 is 21.4 Å². The van der Waals surface area contributed by atoms with Gasteiger partial charge < -0.3 is 9.88 Å². The molecule has 1 aliphatic rings. The first-order chi connectivity index (χ1) is 10.1. The van der Waals surface area contributed by atoms with E-state index in [9.17, 15) is 8.42 Å². The molecule has 1 aliphatic heterocycles. The van der Waals surface area contributed by atoms with Crippen molar-refractivity contribution in [1.29, 1.82) is 0 Å². The van der Waals surface area contributed by atoms with Crippen LogP contribution in [0.2, 0.25) is 0 Å². The number of rotatable bonds is 5. The zero-order valence-corrected chi connectivity index (χ0v) is 13.5. The summed E-state index contributed by atoms with van der Waals surface area (Å²) in [7, 11) is -3.42. The third-order valence-electron chi connectivity index (χ3n) is 3.53. The highest BCUT2D eigenvalue weighted by Crippen LogP contribution is 2.25. The fraction of sp³-hybridized carbons (Fsp3) is 0.462. The first-order valence-electron chi connectivity index (χ1n) is 6.89. The monoisotopic (exact) mass is 326 g/mol. The van der Waals surface area contributed by atoms with Gasteiger partial charge in [0.05, 0.1) is 11.4 Å². The van der Waals surface area contributed by atoms with E-state index in [1.165, 1.54) is 15.6 Å². The first-order valence-corrected chi connectivity index (χ1v) is 9.21. The smallest absolute Gasteiger partial charge is 0.244 e. The molecule has 0 unspecified atom stereocenters. The van der Waals surface area contributed by atoms with E-state index in [0.717, 1.165) is 17.2 Å². The van der Waals surface area contributed by atoms with Crippen molar-refractivity contribution in [3.63, 3.8) is 0 Å². The van der Waals surface area contributed by atoms with Gasteiger partial charge in [0.1, 0.15) is 5.82 Å². The molecule has 3 heterocycles. The fourth-order valence-electron chi connectivity index (χ4n) is 2.34. The quantitative estimate of drug-likeness (QED) is 0.898. The average molecular weight is 326 g/mol. The Morgan fingerprint density at radius 3 is 3.10 bits per heavy atom. The molecule has 1 N–H and O–H groups in total.